The van der Waals surface area contributed by atoms with Crippen molar-refractivity contribution in [3.05, 3.63) is 60.3 Å². The average molecular weight is 276 g/mol. The van der Waals surface area contributed by atoms with E-state index in [1.807, 2.05) is 30.3 Å². The Labute approximate surface area is 121 Å². The van der Waals surface area contributed by atoms with Crippen molar-refractivity contribution in [1.29, 1.82) is 5.26 Å². The number of nitriles is 1. The van der Waals surface area contributed by atoms with Gasteiger partial charge in [0.2, 0.25) is 5.91 Å². The predicted octanol–water partition coefficient (Wildman–Crippen LogP) is 2.55. The molecule has 2 aromatic carbocycles. The molecular formula is C16H12N4O. The van der Waals surface area contributed by atoms with Gasteiger partial charge in [0.1, 0.15) is 6.54 Å². The van der Waals surface area contributed by atoms with Gasteiger partial charge in [0, 0.05) is 11.1 Å². The second-order valence-electron chi connectivity index (χ2n) is 4.60. The molecule has 1 N–H and O–H groups in total. The Morgan fingerprint density at radius 1 is 1.24 bits per heavy atom. The molecule has 21 heavy (non-hydrogen) atoms. The number of carbonyl (C=O) groups excluding carboxylic acids is 1. The highest BCUT2D eigenvalue weighted by atomic mass is 16.2. The SMILES string of the molecule is N#Cc1cccc(NC(=O)Cn2ncc3ccccc32)c1. The highest BCUT2D eigenvalue weighted by Gasteiger charge is 2.07. The first-order valence-corrected chi connectivity index (χ1v) is 6.47. The molecule has 5 nitrogen and oxygen atoms in total. The summed E-state index contributed by atoms with van der Waals surface area (Å²) in [5.41, 5.74) is 2.03. The molecule has 0 aliphatic heterocycles. The predicted molar refractivity (Wildman–Crippen MR) is 79.5 cm³/mol. The standard InChI is InChI=1S/C16H12N4O/c17-9-12-4-3-6-14(8-12)19-16(21)11-20-15-7-2-1-5-13(15)10-18-20/h1-8,10H,11H2,(H,19,21). The molecule has 0 saturated carbocycles. The summed E-state index contributed by atoms with van der Waals surface area (Å²) in [7, 11) is 0. The van der Waals surface area contributed by atoms with Crippen molar-refractivity contribution in [2.45, 2.75) is 6.54 Å². The number of aromatic nitrogens is 2. The zero-order valence-corrected chi connectivity index (χ0v) is 11.2. The smallest absolute Gasteiger partial charge is 0.246 e. The second kappa shape index (κ2) is 5.47. The Morgan fingerprint density at radius 2 is 2.10 bits per heavy atom. The molecule has 0 spiro atoms. The van der Waals surface area contributed by atoms with Crippen LogP contribution in [0.15, 0.2) is 54.7 Å². The van der Waals surface area contributed by atoms with Crippen LogP contribution in [0.1, 0.15) is 5.56 Å². The lowest BCUT2D eigenvalue weighted by molar-refractivity contribution is -0.116. The van der Waals surface area contributed by atoms with Crippen LogP contribution in [0, 0.1) is 11.3 Å². The molecule has 0 fully saturated rings. The van der Waals surface area contributed by atoms with Crippen LogP contribution in [0.3, 0.4) is 0 Å². The summed E-state index contributed by atoms with van der Waals surface area (Å²) in [6.45, 7) is 0.129. The number of nitrogens with zero attached hydrogens (tertiary/aromatic N) is 3. The van der Waals surface area contributed by atoms with Gasteiger partial charge in [0.25, 0.3) is 0 Å². The van der Waals surface area contributed by atoms with Crippen LogP contribution in [0.4, 0.5) is 5.69 Å². The minimum Gasteiger partial charge on any atom is -0.324 e. The number of rotatable bonds is 3. The number of hydrogen-bond acceptors (Lipinski definition) is 3. The van der Waals surface area contributed by atoms with Gasteiger partial charge in [-0.05, 0) is 24.3 Å². The van der Waals surface area contributed by atoms with Crippen molar-refractivity contribution < 1.29 is 4.79 Å². The Morgan fingerprint density at radius 3 is 2.95 bits per heavy atom. The Kier molecular flexibility index (Phi) is 3.36. The lowest BCUT2D eigenvalue weighted by Crippen LogP contribution is -2.19. The molecule has 102 valence electrons. The van der Waals surface area contributed by atoms with E-state index in [1.165, 1.54) is 0 Å². The number of anilines is 1. The largest absolute Gasteiger partial charge is 0.324 e. The molecule has 0 aliphatic rings. The van der Waals surface area contributed by atoms with Gasteiger partial charge >= 0.3 is 0 Å². The van der Waals surface area contributed by atoms with Gasteiger partial charge in [0.05, 0.1) is 23.3 Å². The van der Waals surface area contributed by atoms with E-state index in [0.717, 1.165) is 10.9 Å². The summed E-state index contributed by atoms with van der Waals surface area (Å²) >= 11 is 0. The number of para-hydroxylation sites is 1. The van der Waals surface area contributed by atoms with Crippen LogP contribution >= 0.6 is 0 Å². The van der Waals surface area contributed by atoms with Gasteiger partial charge in [-0.25, -0.2) is 0 Å². The fourth-order valence-electron chi connectivity index (χ4n) is 2.15. The van der Waals surface area contributed by atoms with Crippen molar-refractivity contribution in [3.63, 3.8) is 0 Å². The zero-order valence-electron chi connectivity index (χ0n) is 11.2. The molecule has 3 aromatic rings. The highest BCUT2D eigenvalue weighted by Crippen LogP contribution is 2.13. The fourth-order valence-corrected chi connectivity index (χ4v) is 2.15. The topological polar surface area (TPSA) is 70.7 Å². The van der Waals surface area contributed by atoms with E-state index < -0.39 is 0 Å². The maximum Gasteiger partial charge on any atom is 0.246 e. The molecule has 0 aliphatic carbocycles. The van der Waals surface area contributed by atoms with Crippen LogP contribution in [0.5, 0.6) is 0 Å². The summed E-state index contributed by atoms with van der Waals surface area (Å²) in [5.74, 6) is -0.182. The minimum atomic E-state index is -0.182. The third kappa shape index (κ3) is 2.74. The molecule has 1 aromatic heterocycles. The van der Waals surface area contributed by atoms with E-state index in [1.54, 1.807) is 35.1 Å². The lowest BCUT2D eigenvalue weighted by Gasteiger charge is -2.06. The molecule has 0 radical (unpaired) electrons. The number of amides is 1. The van der Waals surface area contributed by atoms with Crippen LogP contribution < -0.4 is 5.32 Å². The molecule has 0 atom stereocenters. The second-order valence-corrected chi connectivity index (χ2v) is 4.60. The molecular weight excluding hydrogens is 264 g/mol. The molecule has 3 rings (SSSR count). The van der Waals surface area contributed by atoms with E-state index in [-0.39, 0.29) is 12.5 Å². The number of benzene rings is 2. The van der Waals surface area contributed by atoms with Crippen LogP contribution in [0.2, 0.25) is 0 Å². The summed E-state index contributed by atoms with van der Waals surface area (Å²) in [4.78, 5) is 12.1. The van der Waals surface area contributed by atoms with Gasteiger partial charge in [-0.15, -0.1) is 0 Å². The van der Waals surface area contributed by atoms with Gasteiger partial charge < -0.3 is 5.32 Å². The first-order valence-electron chi connectivity index (χ1n) is 6.47. The van der Waals surface area contributed by atoms with Crippen LogP contribution in [-0.2, 0) is 11.3 Å². The van der Waals surface area contributed by atoms with Crippen LogP contribution in [0.25, 0.3) is 10.9 Å². The highest BCUT2D eigenvalue weighted by molar-refractivity contribution is 5.91. The molecule has 0 saturated heterocycles. The van der Waals surface area contributed by atoms with E-state index in [4.69, 9.17) is 5.26 Å². The molecule has 0 bridgehead atoms. The average Bonchev–Trinajstić information content (AvgIpc) is 2.91. The summed E-state index contributed by atoms with van der Waals surface area (Å²) in [6.07, 6.45) is 1.74. The Bertz CT molecular complexity index is 845. The third-order valence-electron chi connectivity index (χ3n) is 3.12. The van der Waals surface area contributed by atoms with Crippen molar-refractivity contribution >= 4 is 22.5 Å². The normalized spacial score (nSPS) is 10.2. The first-order chi connectivity index (χ1) is 10.3. The first kappa shape index (κ1) is 12.9. The van der Waals surface area contributed by atoms with E-state index in [9.17, 15) is 4.79 Å². The third-order valence-corrected chi connectivity index (χ3v) is 3.12. The van der Waals surface area contributed by atoms with E-state index in [2.05, 4.69) is 10.4 Å². The maximum atomic E-state index is 12.1. The van der Waals surface area contributed by atoms with Gasteiger partial charge in [-0.2, -0.15) is 10.4 Å². The zero-order chi connectivity index (χ0) is 14.7. The minimum absolute atomic E-state index is 0.129. The van der Waals surface area contributed by atoms with Crippen molar-refractivity contribution in [2.75, 3.05) is 5.32 Å². The van der Waals surface area contributed by atoms with Gasteiger partial charge in [-0.3, -0.25) is 9.48 Å². The summed E-state index contributed by atoms with van der Waals surface area (Å²) < 4.78 is 1.65. The Balaban J connectivity index is 1.76. The number of hydrogen-bond donors (Lipinski definition) is 1. The van der Waals surface area contributed by atoms with Crippen molar-refractivity contribution in [2.24, 2.45) is 0 Å². The quantitative estimate of drug-likeness (QED) is 0.799. The van der Waals surface area contributed by atoms with Gasteiger partial charge in [0.15, 0.2) is 0 Å². The van der Waals surface area contributed by atoms with E-state index >= 15 is 0 Å². The number of carbonyl (C=O) groups is 1. The molecule has 5 heteroatoms. The van der Waals surface area contributed by atoms with E-state index in [0.29, 0.717) is 11.3 Å². The van der Waals surface area contributed by atoms with Crippen LogP contribution in [-0.4, -0.2) is 15.7 Å². The van der Waals surface area contributed by atoms with Gasteiger partial charge in [-0.1, -0.05) is 24.3 Å². The van der Waals surface area contributed by atoms with Crippen molar-refractivity contribution in [3.8, 4) is 6.07 Å². The molecule has 0 unspecified atom stereocenters. The monoisotopic (exact) mass is 276 g/mol. The van der Waals surface area contributed by atoms with Crippen molar-refractivity contribution in [1.82, 2.24) is 9.78 Å². The summed E-state index contributed by atoms with van der Waals surface area (Å²) in [5, 5.41) is 16.8. The number of fused-ring (bicyclic) bond motifs is 1. The Hall–Kier alpha value is -3.13. The molecule has 1 amide bonds. The lowest BCUT2D eigenvalue weighted by atomic mass is 10.2. The number of nitrogens with one attached hydrogen (secondary N) is 1. The molecule has 1 heterocycles. The maximum absolute atomic E-state index is 12.1. The fraction of sp³-hybridized carbons (Fsp3) is 0.0625. The summed E-state index contributed by atoms with van der Waals surface area (Å²) in [6, 6.07) is 16.6.